The van der Waals surface area contributed by atoms with E-state index in [-0.39, 0.29) is 30.2 Å². The van der Waals surface area contributed by atoms with Gasteiger partial charge in [0.2, 0.25) is 5.91 Å². The summed E-state index contributed by atoms with van der Waals surface area (Å²) in [5, 5.41) is 5.13. The van der Waals surface area contributed by atoms with Crippen molar-refractivity contribution >= 4 is 17.5 Å². The van der Waals surface area contributed by atoms with E-state index in [2.05, 4.69) is 9.84 Å². The highest BCUT2D eigenvalue weighted by atomic mass is 35.5. The van der Waals surface area contributed by atoms with Crippen LogP contribution in [0.15, 0.2) is 48.5 Å². The largest absolute Gasteiger partial charge is 0.573 e. The van der Waals surface area contributed by atoms with Crippen LogP contribution in [-0.4, -0.2) is 34.0 Å². The molecular weight excluding hydrogens is 431 g/mol. The van der Waals surface area contributed by atoms with Gasteiger partial charge in [-0.1, -0.05) is 29.8 Å². The van der Waals surface area contributed by atoms with Crippen LogP contribution in [0.25, 0.3) is 5.69 Å². The molecule has 3 aromatic rings. The van der Waals surface area contributed by atoms with Crippen molar-refractivity contribution in [1.29, 1.82) is 0 Å². The first-order chi connectivity index (χ1) is 14.5. The second-order valence-corrected chi connectivity index (χ2v) is 7.56. The fraction of sp³-hybridized carbons (Fsp3) is 0.273. The Bertz CT molecular complexity index is 1080. The monoisotopic (exact) mass is 451 g/mol. The third-order valence-corrected chi connectivity index (χ3v) is 5.12. The number of nitrogens with zero attached hydrogens (tertiary/aromatic N) is 3. The van der Waals surface area contributed by atoms with E-state index < -0.39 is 6.36 Å². The zero-order chi connectivity index (χ0) is 22.8. The fourth-order valence-corrected chi connectivity index (χ4v) is 3.38. The molecule has 2 aromatic carbocycles. The van der Waals surface area contributed by atoms with Crippen LogP contribution >= 0.6 is 11.6 Å². The van der Waals surface area contributed by atoms with Gasteiger partial charge in [0.05, 0.1) is 17.8 Å². The average Bonchev–Trinajstić information content (AvgIpc) is 2.97. The zero-order valence-corrected chi connectivity index (χ0v) is 18.0. The molecule has 1 amide bonds. The van der Waals surface area contributed by atoms with E-state index in [1.807, 2.05) is 26.0 Å². The minimum atomic E-state index is -4.80. The number of carbonyl (C=O) groups is 1. The van der Waals surface area contributed by atoms with Crippen LogP contribution < -0.4 is 4.74 Å². The van der Waals surface area contributed by atoms with E-state index in [1.165, 1.54) is 23.1 Å². The van der Waals surface area contributed by atoms with E-state index in [0.29, 0.717) is 10.7 Å². The molecule has 0 fully saturated rings. The molecule has 1 heterocycles. The summed E-state index contributed by atoms with van der Waals surface area (Å²) in [6.45, 7) is 3.66. The van der Waals surface area contributed by atoms with E-state index >= 15 is 0 Å². The van der Waals surface area contributed by atoms with E-state index in [4.69, 9.17) is 11.6 Å². The molecule has 0 aliphatic rings. The maximum atomic E-state index is 12.8. The smallest absolute Gasteiger partial charge is 0.405 e. The molecule has 0 spiro atoms. The van der Waals surface area contributed by atoms with Gasteiger partial charge in [-0.15, -0.1) is 13.2 Å². The summed E-state index contributed by atoms with van der Waals surface area (Å²) in [5.74, 6) is -0.568. The van der Waals surface area contributed by atoms with Crippen LogP contribution in [0.4, 0.5) is 13.2 Å². The third-order valence-electron chi connectivity index (χ3n) is 4.87. The summed E-state index contributed by atoms with van der Waals surface area (Å²) in [5.41, 5.74) is 3.36. The van der Waals surface area contributed by atoms with Crippen molar-refractivity contribution in [3.63, 3.8) is 0 Å². The first-order valence-corrected chi connectivity index (χ1v) is 9.81. The van der Waals surface area contributed by atoms with Gasteiger partial charge in [-0.3, -0.25) is 4.79 Å². The topological polar surface area (TPSA) is 47.4 Å². The number of amides is 1. The number of carbonyl (C=O) groups excluding carboxylic acids is 1. The highest BCUT2D eigenvalue weighted by Gasteiger charge is 2.32. The summed E-state index contributed by atoms with van der Waals surface area (Å²) in [6.07, 6.45) is -4.73. The number of hydrogen-bond donors (Lipinski definition) is 0. The Morgan fingerprint density at radius 1 is 1.13 bits per heavy atom. The molecule has 0 aliphatic heterocycles. The number of alkyl halides is 3. The van der Waals surface area contributed by atoms with Crippen LogP contribution in [0.2, 0.25) is 5.02 Å². The standard InChI is InChI=1S/C22H21ClF3N3O2/c1-14-19(15(2)29(27-14)18-10-8-17(23)9-11-18)12-21(30)28(3)13-16-6-4-5-7-20(16)31-22(24,25)26/h4-11H,12-13H2,1-3H3. The lowest BCUT2D eigenvalue weighted by molar-refractivity contribution is -0.275. The second-order valence-electron chi connectivity index (χ2n) is 7.12. The minimum Gasteiger partial charge on any atom is -0.405 e. The minimum absolute atomic E-state index is 0.0193. The predicted molar refractivity (Wildman–Crippen MR) is 111 cm³/mol. The second kappa shape index (κ2) is 9.01. The van der Waals surface area contributed by atoms with Gasteiger partial charge >= 0.3 is 6.36 Å². The Morgan fingerprint density at radius 3 is 2.42 bits per heavy atom. The quantitative estimate of drug-likeness (QED) is 0.514. The molecule has 0 saturated heterocycles. The molecule has 0 unspecified atom stereocenters. The molecule has 164 valence electrons. The maximum Gasteiger partial charge on any atom is 0.573 e. The van der Waals surface area contributed by atoms with Gasteiger partial charge in [-0.05, 0) is 44.2 Å². The SMILES string of the molecule is Cc1nn(-c2ccc(Cl)cc2)c(C)c1CC(=O)N(C)Cc1ccccc1OC(F)(F)F. The number of ether oxygens (including phenoxy) is 1. The summed E-state index contributed by atoms with van der Waals surface area (Å²) in [7, 11) is 1.54. The number of halogens is 4. The third kappa shape index (κ3) is 5.58. The Hall–Kier alpha value is -3.00. The average molecular weight is 452 g/mol. The molecule has 5 nitrogen and oxygen atoms in total. The molecule has 0 saturated carbocycles. The lowest BCUT2D eigenvalue weighted by atomic mass is 10.1. The van der Waals surface area contributed by atoms with Crippen molar-refractivity contribution in [1.82, 2.24) is 14.7 Å². The number of likely N-dealkylation sites (N-methyl/N-ethyl adjacent to an activating group) is 1. The van der Waals surface area contributed by atoms with Gasteiger partial charge in [0, 0.05) is 35.4 Å². The molecule has 31 heavy (non-hydrogen) atoms. The molecular formula is C22H21ClF3N3O2. The Labute approximate surface area is 183 Å². The molecule has 0 atom stereocenters. The Kier molecular flexibility index (Phi) is 6.59. The number of benzene rings is 2. The van der Waals surface area contributed by atoms with Gasteiger partial charge in [-0.2, -0.15) is 5.10 Å². The highest BCUT2D eigenvalue weighted by Crippen LogP contribution is 2.27. The van der Waals surface area contributed by atoms with Crippen LogP contribution in [0.3, 0.4) is 0 Å². The number of hydrogen-bond acceptors (Lipinski definition) is 3. The fourth-order valence-electron chi connectivity index (χ4n) is 3.25. The van der Waals surface area contributed by atoms with Crippen LogP contribution in [0.1, 0.15) is 22.5 Å². The van der Waals surface area contributed by atoms with Crippen molar-refractivity contribution in [2.75, 3.05) is 7.05 Å². The maximum absolute atomic E-state index is 12.8. The van der Waals surface area contributed by atoms with E-state index in [1.54, 1.807) is 29.9 Å². The number of para-hydroxylation sites is 1. The normalized spacial score (nSPS) is 11.5. The Morgan fingerprint density at radius 2 is 1.77 bits per heavy atom. The van der Waals surface area contributed by atoms with Crippen molar-refractivity contribution in [3.8, 4) is 11.4 Å². The first-order valence-electron chi connectivity index (χ1n) is 9.44. The predicted octanol–water partition coefficient (Wildman–Crippen LogP) is 5.24. The highest BCUT2D eigenvalue weighted by molar-refractivity contribution is 6.30. The van der Waals surface area contributed by atoms with Crippen LogP contribution in [0, 0.1) is 13.8 Å². The molecule has 0 radical (unpaired) electrons. The number of rotatable bonds is 6. The molecule has 1 aromatic heterocycles. The number of aryl methyl sites for hydroxylation is 1. The van der Waals surface area contributed by atoms with Gasteiger partial charge < -0.3 is 9.64 Å². The molecule has 3 rings (SSSR count). The van der Waals surface area contributed by atoms with Crippen molar-refractivity contribution < 1.29 is 22.7 Å². The molecule has 0 N–H and O–H groups in total. The molecule has 0 bridgehead atoms. The Balaban J connectivity index is 1.76. The van der Waals surface area contributed by atoms with Crippen molar-refractivity contribution in [2.24, 2.45) is 0 Å². The van der Waals surface area contributed by atoms with E-state index in [0.717, 1.165) is 16.9 Å². The lowest BCUT2D eigenvalue weighted by Crippen LogP contribution is -2.28. The van der Waals surface area contributed by atoms with Gasteiger partial charge in [-0.25, -0.2) is 4.68 Å². The zero-order valence-electron chi connectivity index (χ0n) is 17.2. The molecule has 9 heteroatoms. The summed E-state index contributed by atoms with van der Waals surface area (Å²) in [6, 6.07) is 12.9. The van der Waals surface area contributed by atoms with Gasteiger partial charge in [0.25, 0.3) is 0 Å². The summed E-state index contributed by atoms with van der Waals surface area (Å²) < 4.78 is 43.7. The lowest BCUT2D eigenvalue weighted by Gasteiger charge is -2.20. The van der Waals surface area contributed by atoms with Gasteiger partial charge in [0.1, 0.15) is 5.75 Å². The van der Waals surface area contributed by atoms with Crippen LogP contribution in [0.5, 0.6) is 5.75 Å². The van der Waals surface area contributed by atoms with Crippen LogP contribution in [-0.2, 0) is 17.8 Å². The van der Waals surface area contributed by atoms with Crippen molar-refractivity contribution in [3.05, 3.63) is 76.1 Å². The summed E-state index contributed by atoms with van der Waals surface area (Å²) >= 11 is 5.94. The summed E-state index contributed by atoms with van der Waals surface area (Å²) in [4.78, 5) is 14.2. The van der Waals surface area contributed by atoms with E-state index in [9.17, 15) is 18.0 Å². The van der Waals surface area contributed by atoms with Crippen molar-refractivity contribution in [2.45, 2.75) is 33.2 Å². The number of aromatic nitrogens is 2. The molecule has 0 aliphatic carbocycles. The first kappa shape index (κ1) is 22.7. The van der Waals surface area contributed by atoms with Gasteiger partial charge in [0.15, 0.2) is 0 Å².